The minimum atomic E-state index is -0.147. The van der Waals surface area contributed by atoms with E-state index in [0.29, 0.717) is 0 Å². The van der Waals surface area contributed by atoms with Gasteiger partial charge in [0.25, 0.3) is 0 Å². The first-order valence-corrected chi connectivity index (χ1v) is 6.68. The van der Waals surface area contributed by atoms with E-state index >= 15 is 0 Å². The normalized spacial score (nSPS) is 18.4. The van der Waals surface area contributed by atoms with Crippen LogP contribution in [-0.4, -0.2) is 5.78 Å². The number of carbonyl (C=O) groups excluding carboxylic acids is 1. The summed E-state index contributed by atoms with van der Waals surface area (Å²) in [5.41, 5.74) is 3.70. The highest BCUT2D eigenvalue weighted by Crippen LogP contribution is 2.41. The number of hydrogen-bond acceptors (Lipinski definition) is 1. The highest BCUT2D eigenvalue weighted by Gasteiger charge is 2.36. The van der Waals surface area contributed by atoms with Gasteiger partial charge < -0.3 is 0 Å². The molecule has 1 nitrogen and oxygen atoms in total. The average Bonchev–Trinajstić information content (AvgIpc) is 2.40. The predicted molar refractivity (Wildman–Crippen MR) is 80.5 cm³/mol. The molecule has 98 valence electrons. The van der Waals surface area contributed by atoms with Crippen molar-refractivity contribution in [2.75, 3.05) is 0 Å². The molecule has 0 heterocycles. The highest BCUT2D eigenvalue weighted by atomic mass is 16.1. The molecular weight excluding hydrogens is 232 g/mol. The fourth-order valence-corrected chi connectivity index (χ4v) is 2.77. The maximum absolute atomic E-state index is 12.6. The predicted octanol–water partition coefficient (Wildman–Crippen LogP) is 4.61. The largest absolute Gasteiger partial charge is 0.289 e. The number of fused-ring (bicyclic) bond motifs is 1. The summed E-state index contributed by atoms with van der Waals surface area (Å²) >= 11 is 0. The Morgan fingerprint density at radius 2 is 1.63 bits per heavy atom. The summed E-state index contributed by atoms with van der Waals surface area (Å²) < 4.78 is 0. The van der Waals surface area contributed by atoms with Gasteiger partial charge in [-0.15, -0.1) is 0 Å². The number of hydrogen-bond donors (Lipinski definition) is 0. The van der Waals surface area contributed by atoms with E-state index < -0.39 is 0 Å². The van der Waals surface area contributed by atoms with Crippen molar-refractivity contribution in [3.63, 3.8) is 0 Å². The zero-order valence-electron chi connectivity index (χ0n) is 12.0. The Balaban J connectivity index is 2.79. The lowest BCUT2D eigenvalue weighted by Crippen LogP contribution is -2.30. The molecular formula is C18H20O. The molecule has 0 spiro atoms. The maximum Gasteiger partial charge on any atom is 0.193 e. The van der Waals surface area contributed by atoms with E-state index in [9.17, 15) is 4.79 Å². The van der Waals surface area contributed by atoms with Gasteiger partial charge in [-0.1, -0.05) is 62.4 Å². The van der Waals surface area contributed by atoms with Gasteiger partial charge in [0, 0.05) is 16.6 Å². The molecule has 0 bridgehead atoms. The van der Waals surface area contributed by atoms with Gasteiger partial charge in [-0.05, 0) is 25.0 Å². The molecule has 0 saturated heterocycles. The van der Waals surface area contributed by atoms with Crippen LogP contribution in [0.5, 0.6) is 0 Å². The molecule has 0 N–H and O–H groups in total. The SMILES string of the molecule is C/C=C\C1=C(/C=C\C)C(C)(C)c2ccccc2C1=O. The van der Waals surface area contributed by atoms with Crippen LogP contribution in [0.15, 0.2) is 59.7 Å². The number of ketones is 1. The van der Waals surface area contributed by atoms with Crippen LogP contribution in [0.25, 0.3) is 0 Å². The number of allylic oxidation sites excluding steroid dienone is 6. The van der Waals surface area contributed by atoms with Gasteiger partial charge in [0.15, 0.2) is 5.78 Å². The van der Waals surface area contributed by atoms with Gasteiger partial charge in [0.05, 0.1) is 0 Å². The summed E-state index contributed by atoms with van der Waals surface area (Å²) in [4.78, 5) is 12.6. The molecule has 0 amide bonds. The van der Waals surface area contributed by atoms with E-state index in [1.165, 1.54) is 0 Å². The molecule has 0 unspecified atom stereocenters. The van der Waals surface area contributed by atoms with E-state index in [0.717, 1.165) is 22.3 Å². The minimum absolute atomic E-state index is 0.126. The quantitative estimate of drug-likeness (QED) is 0.751. The summed E-state index contributed by atoms with van der Waals surface area (Å²) in [6, 6.07) is 7.92. The van der Waals surface area contributed by atoms with Gasteiger partial charge in [-0.2, -0.15) is 0 Å². The van der Waals surface area contributed by atoms with E-state index in [4.69, 9.17) is 0 Å². The highest BCUT2D eigenvalue weighted by molar-refractivity contribution is 6.14. The number of benzene rings is 1. The van der Waals surface area contributed by atoms with Crippen LogP contribution in [0.1, 0.15) is 43.6 Å². The molecule has 0 saturated carbocycles. The average molecular weight is 252 g/mol. The summed E-state index contributed by atoms with van der Waals surface area (Å²) in [6.45, 7) is 8.29. The van der Waals surface area contributed by atoms with Crippen molar-refractivity contribution in [1.82, 2.24) is 0 Å². The molecule has 1 aromatic rings. The maximum atomic E-state index is 12.6. The molecule has 0 aliphatic heterocycles. The Hall–Kier alpha value is -1.89. The van der Waals surface area contributed by atoms with Crippen molar-refractivity contribution in [3.8, 4) is 0 Å². The lowest BCUT2D eigenvalue weighted by Gasteiger charge is -2.34. The van der Waals surface area contributed by atoms with E-state index in [-0.39, 0.29) is 11.2 Å². The Kier molecular flexibility index (Phi) is 3.57. The van der Waals surface area contributed by atoms with Crippen LogP contribution < -0.4 is 0 Å². The molecule has 1 heteroatoms. The first-order chi connectivity index (χ1) is 9.04. The fraction of sp³-hybridized carbons (Fsp3) is 0.278. The first-order valence-electron chi connectivity index (χ1n) is 6.68. The number of rotatable bonds is 2. The van der Waals surface area contributed by atoms with Crippen LogP contribution in [-0.2, 0) is 5.41 Å². The lowest BCUT2D eigenvalue weighted by molar-refractivity contribution is 0.103. The van der Waals surface area contributed by atoms with Gasteiger partial charge in [0.2, 0.25) is 0 Å². The van der Waals surface area contributed by atoms with Gasteiger partial charge in [-0.3, -0.25) is 4.79 Å². The lowest BCUT2D eigenvalue weighted by atomic mass is 9.68. The standard InChI is InChI=1S/C18H20O/c1-5-9-13-15(10-6-2)18(3,4)16-12-8-7-11-14(16)17(13)19/h5-12H,1-4H3/b9-5-,10-6-. The molecule has 1 aromatic carbocycles. The Bertz CT molecular complexity index is 598. The van der Waals surface area contributed by atoms with Crippen LogP contribution in [0.2, 0.25) is 0 Å². The Morgan fingerprint density at radius 3 is 2.26 bits per heavy atom. The second-order valence-electron chi connectivity index (χ2n) is 5.33. The molecule has 1 aliphatic carbocycles. The third kappa shape index (κ3) is 2.10. The van der Waals surface area contributed by atoms with Crippen molar-refractivity contribution < 1.29 is 4.79 Å². The topological polar surface area (TPSA) is 17.1 Å². The molecule has 0 radical (unpaired) electrons. The fourth-order valence-electron chi connectivity index (χ4n) is 2.77. The summed E-state index contributed by atoms with van der Waals surface area (Å²) in [5.74, 6) is 0.126. The van der Waals surface area contributed by atoms with Gasteiger partial charge in [-0.25, -0.2) is 0 Å². The molecule has 0 fully saturated rings. The van der Waals surface area contributed by atoms with Gasteiger partial charge in [0.1, 0.15) is 0 Å². The molecule has 2 rings (SSSR count). The van der Waals surface area contributed by atoms with E-state index in [2.05, 4.69) is 26.0 Å². The molecule has 0 atom stereocenters. The van der Waals surface area contributed by atoms with Crippen molar-refractivity contribution >= 4 is 5.78 Å². The monoisotopic (exact) mass is 252 g/mol. The van der Waals surface area contributed by atoms with Crippen molar-refractivity contribution in [2.45, 2.75) is 33.1 Å². The third-order valence-corrected chi connectivity index (χ3v) is 3.72. The van der Waals surface area contributed by atoms with E-state index in [1.54, 1.807) is 0 Å². The summed E-state index contributed by atoms with van der Waals surface area (Å²) in [5, 5.41) is 0. The first kappa shape index (κ1) is 13.5. The zero-order valence-corrected chi connectivity index (χ0v) is 12.0. The number of carbonyl (C=O) groups is 1. The minimum Gasteiger partial charge on any atom is -0.289 e. The van der Waals surface area contributed by atoms with Crippen LogP contribution >= 0.6 is 0 Å². The molecule has 1 aliphatic rings. The summed E-state index contributed by atoms with van der Waals surface area (Å²) in [6.07, 6.45) is 7.92. The van der Waals surface area contributed by atoms with Crippen molar-refractivity contribution in [3.05, 3.63) is 70.8 Å². The smallest absolute Gasteiger partial charge is 0.193 e. The Morgan fingerprint density at radius 1 is 1.00 bits per heavy atom. The molecule has 19 heavy (non-hydrogen) atoms. The van der Waals surface area contributed by atoms with E-state index in [1.807, 2.05) is 50.3 Å². The van der Waals surface area contributed by atoms with Crippen LogP contribution in [0.4, 0.5) is 0 Å². The second kappa shape index (κ2) is 5.00. The van der Waals surface area contributed by atoms with Crippen molar-refractivity contribution in [2.24, 2.45) is 0 Å². The second-order valence-corrected chi connectivity index (χ2v) is 5.33. The van der Waals surface area contributed by atoms with Crippen LogP contribution in [0.3, 0.4) is 0 Å². The summed E-state index contributed by atoms with van der Waals surface area (Å²) in [7, 11) is 0. The zero-order chi connectivity index (χ0) is 14.0. The Labute approximate surface area is 115 Å². The molecule has 0 aromatic heterocycles. The van der Waals surface area contributed by atoms with Crippen molar-refractivity contribution in [1.29, 1.82) is 0 Å². The van der Waals surface area contributed by atoms with Crippen LogP contribution in [0, 0.1) is 0 Å². The number of Topliss-reactive ketones (excluding diaryl/α,β-unsaturated/α-hetero) is 1. The van der Waals surface area contributed by atoms with Gasteiger partial charge >= 0.3 is 0 Å². The third-order valence-electron chi connectivity index (χ3n) is 3.72.